The molecule has 2 aromatic rings. The predicted octanol–water partition coefficient (Wildman–Crippen LogP) is 5.45. The summed E-state index contributed by atoms with van der Waals surface area (Å²) in [6, 6.07) is 8.36. The first-order chi connectivity index (χ1) is 15.0. The maximum absolute atomic E-state index is 14.0. The summed E-state index contributed by atoms with van der Waals surface area (Å²) in [4.78, 5) is 26.4. The van der Waals surface area contributed by atoms with Crippen molar-refractivity contribution in [2.45, 2.75) is 47.0 Å². The highest BCUT2D eigenvalue weighted by molar-refractivity contribution is 5.96. The number of hydrogen-bond donors (Lipinski definition) is 2. The number of nitrogens with one attached hydrogen (secondary N) is 1. The van der Waals surface area contributed by atoms with Gasteiger partial charge in [-0.05, 0) is 48.1 Å². The molecule has 0 bridgehead atoms. The summed E-state index contributed by atoms with van der Waals surface area (Å²) in [6.45, 7) is 11.5. The van der Waals surface area contributed by atoms with E-state index in [9.17, 15) is 23.5 Å². The van der Waals surface area contributed by atoms with E-state index in [4.69, 9.17) is 0 Å². The van der Waals surface area contributed by atoms with E-state index in [1.54, 1.807) is 19.1 Å². The standard InChI is InChI=1S/C25H32F2N2O3/c1-15(2)13-29(14-16(3)4)23-9-7-18(17(5)25(31)32)10-22(23)28-24(30)11-19-6-8-20(26)12-21(19)27/h6-10,12,15-17H,11,13-14H2,1-5H3,(H,28,30)(H,31,32). The Hall–Kier alpha value is -2.96. The second kappa shape index (κ2) is 11.1. The third-order valence-corrected chi connectivity index (χ3v) is 5.04. The number of rotatable bonds is 10. The minimum atomic E-state index is -0.968. The van der Waals surface area contributed by atoms with Gasteiger partial charge in [0, 0.05) is 19.2 Å². The topological polar surface area (TPSA) is 69.6 Å². The molecule has 1 amide bonds. The van der Waals surface area contributed by atoms with E-state index in [0.29, 0.717) is 23.1 Å². The van der Waals surface area contributed by atoms with Gasteiger partial charge in [0.15, 0.2) is 0 Å². The fourth-order valence-electron chi connectivity index (χ4n) is 3.53. The van der Waals surface area contributed by atoms with Gasteiger partial charge in [-0.15, -0.1) is 0 Å². The summed E-state index contributed by atoms with van der Waals surface area (Å²) in [6.07, 6.45) is -0.265. The van der Waals surface area contributed by atoms with E-state index in [1.807, 2.05) is 6.07 Å². The molecule has 0 spiro atoms. The number of hydrogen-bond acceptors (Lipinski definition) is 3. The van der Waals surface area contributed by atoms with Gasteiger partial charge in [0.05, 0.1) is 23.7 Å². The van der Waals surface area contributed by atoms with Gasteiger partial charge >= 0.3 is 5.97 Å². The third kappa shape index (κ3) is 7.04. The number of carboxylic acids is 1. The molecule has 174 valence electrons. The van der Waals surface area contributed by atoms with Crippen molar-refractivity contribution in [2.24, 2.45) is 11.8 Å². The molecular formula is C25H32F2N2O3. The molecule has 0 heterocycles. The van der Waals surface area contributed by atoms with Crippen LogP contribution >= 0.6 is 0 Å². The Morgan fingerprint density at radius 3 is 2.12 bits per heavy atom. The van der Waals surface area contributed by atoms with Gasteiger partial charge in [-0.3, -0.25) is 9.59 Å². The average molecular weight is 447 g/mol. The van der Waals surface area contributed by atoms with Crippen LogP contribution in [0.5, 0.6) is 0 Å². The van der Waals surface area contributed by atoms with Crippen molar-refractivity contribution >= 4 is 23.3 Å². The monoisotopic (exact) mass is 446 g/mol. The number of carboxylic acid groups (broad SMARTS) is 1. The molecule has 0 saturated carbocycles. The maximum Gasteiger partial charge on any atom is 0.310 e. The molecule has 0 aliphatic carbocycles. The van der Waals surface area contributed by atoms with Crippen molar-refractivity contribution in [2.75, 3.05) is 23.3 Å². The Morgan fingerprint density at radius 1 is 0.969 bits per heavy atom. The lowest BCUT2D eigenvalue weighted by Crippen LogP contribution is -2.32. The molecule has 0 radical (unpaired) electrons. The summed E-state index contributed by atoms with van der Waals surface area (Å²) in [7, 11) is 0. The number of amides is 1. The van der Waals surface area contributed by atoms with Gasteiger partial charge in [-0.25, -0.2) is 8.78 Å². The zero-order valence-corrected chi connectivity index (χ0v) is 19.3. The van der Waals surface area contributed by atoms with Gasteiger partial charge in [0.1, 0.15) is 11.6 Å². The van der Waals surface area contributed by atoms with E-state index in [0.717, 1.165) is 30.9 Å². The molecule has 0 fully saturated rings. The molecule has 2 aromatic carbocycles. The summed E-state index contributed by atoms with van der Waals surface area (Å²) in [5.74, 6) is -2.95. The molecule has 1 atom stereocenters. The first kappa shape index (κ1) is 25.3. The van der Waals surface area contributed by atoms with E-state index in [-0.39, 0.29) is 12.0 Å². The largest absolute Gasteiger partial charge is 0.481 e. The van der Waals surface area contributed by atoms with Crippen LogP contribution in [0.15, 0.2) is 36.4 Å². The molecule has 2 N–H and O–H groups in total. The first-order valence-electron chi connectivity index (χ1n) is 10.8. The zero-order valence-electron chi connectivity index (χ0n) is 19.3. The molecule has 2 rings (SSSR count). The summed E-state index contributed by atoms with van der Waals surface area (Å²) < 4.78 is 27.2. The highest BCUT2D eigenvalue weighted by Crippen LogP contribution is 2.32. The molecule has 1 unspecified atom stereocenters. The molecule has 0 aromatic heterocycles. The molecule has 0 saturated heterocycles. The number of carbonyl (C=O) groups excluding carboxylic acids is 1. The van der Waals surface area contributed by atoms with Crippen molar-refractivity contribution in [3.8, 4) is 0 Å². The van der Waals surface area contributed by atoms with Crippen molar-refractivity contribution in [1.82, 2.24) is 0 Å². The Balaban J connectivity index is 2.41. The van der Waals surface area contributed by atoms with Gasteiger partial charge in [-0.2, -0.15) is 0 Å². The Morgan fingerprint density at radius 2 is 1.59 bits per heavy atom. The predicted molar refractivity (Wildman–Crippen MR) is 123 cm³/mol. The number of halogens is 2. The summed E-state index contributed by atoms with van der Waals surface area (Å²) in [5.41, 5.74) is 1.89. The second-order valence-electron chi connectivity index (χ2n) is 8.99. The van der Waals surface area contributed by atoms with Crippen molar-refractivity contribution in [1.29, 1.82) is 0 Å². The number of benzene rings is 2. The van der Waals surface area contributed by atoms with Crippen molar-refractivity contribution < 1.29 is 23.5 Å². The van der Waals surface area contributed by atoms with E-state index in [1.165, 1.54) is 6.07 Å². The number of aliphatic carboxylic acids is 1. The normalized spacial score (nSPS) is 12.2. The lowest BCUT2D eigenvalue weighted by molar-refractivity contribution is -0.138. The zero-order chi connectivity index (χ0) is 24.0. The highest BCUT2D eigenvalue weighted by atomic mass is 19.1. The van der Waals surface area contributed by atoms with E-state index in [2.05, 4.69) is 37.9 Å². The Kier molecular flexibility index (Phi) is 8.75. The van der Waals surface area contributed by atoms with Crippen LogP contribution in [0.2, 0.25) is 0 Å². The van der Waals surface area contributed by atoms with Crippen LogP contribution in [0.1, 0.15) is 51.7 Å². The summed E-state index contributed by atoms with van der Waals surface area (Å²) in [5, 5.41) is 12.2. The van der Waals surface area contributed by atoms with Crippen LogP contribution in [-0.4, -0.2) is 30.1 Å². The lowest BCUT2D eigenvalue weighted by Gasteiger charge is -2.31. The first-order valence-corrected chi connectivity index (χ1v) is 10.8. The SMILES string of the molecule is CC(C)CN(CC(C)C)c1ccc(C(C)C(=O)O)cc1NC(=O)Cc1ccc(F)cc1F. The number of carbonyl (C=O) groups is 2. The van der Waals surface area contributed by atoms with Gasteiger partial charge in [0.2, 0.25) is 5.91 Å². The van der Waals surface area contributed by atoms with Crippen LogP contribution in [0.25, 0.3) is 0 Å². The van der Waals surface area contributed by atoms with Crippen LogP contribution in [0.4, 0.5) is 20.2 Å². The maximum atomic E-state index is 14.0. The molecule has 32 heavy (non-hydrogen) atoms. The van der Waals surface area contributed by atoms with Crippen molar-refractivity contribution in [3.05, 3.63) is 59.2 Å². The van der Waals surface area contributed by atoms with Crippen molar-refractivity contribution in [3.63, 3.8) is 0 Å². The van der Waals surface area contributed by atoms with Crippen LogP contribution < -0.4 is 10.2 Å². The smallest absolute Gasteiger partial charge is 0.310 e. The molecule has 5 nitrogen and oxygen atoms in total. The van der Waals surface area contributed by atoms with Gasteiger partial charge in [0.25, 0.3) is 0 Å². The van der Waals surface area contributed by atoms with E-state index >= 15 is 0 Å². The summed E-state index contributed by atoms with van der Waals surface area (Å²) >= 11 is 0. The molecule has 0 aliphatic heterocycles. The van der Waals surface area contributed by atoms with Crippen LogP contribution in [0, 0.1) is 23.5 Å². The fraction of sp³-hybridized carbons (Fsp3) is 0.440. The Bertz CT molecular complexity index is 950. The van der Waals surface area contributed by atoms with E-state index < -0.39 is 29.4 Å². The number of anilines is 2. The fourth-order valence-corrected chi connectivity index (χ4v) is 3.53. The Labute approximate surface area is 188 Å². The molecule has 7 heteroatoms. The van der Waals surface area contributed by atoms with Crippen LogP contribution in [-0.2, 0) is 16.0 Å². The quantitative estimate of drug-likeness (QED) is 0.509. The number of nitrogens with zero attached hydrogens (tertiary/aromatic N) is 1. The second-order valence-corrected chi connectivity index (χ2v) is 8.99. The average Bonchev–Trinajstić information content (AvgIpc) is 2.68. The third-order valence-electron chi connectivity index (χ3n) is 5.04. The molecule has 0 aliphatic rings. The molecular weight excluding hydrogens is 414 g/mol. The lowest BCUT2D eigenvalue weighted by atomic mass is 9.99. The van der Waals surface area contributed by atoms with Gasteiger partial charge in [-0.1, -0.05) is 39.8 Å². The highest BCUT2D eigenvalue weighted by Gasteiger charge is 2.20. The minimum absolute atomic E-state index is 0.0849. The van der Waals surface area contributed by atoms with Crippen LogP contribution in [0.3, 0.4) is 0 Å². The minimum Gasteiger partial charge on any atom is -0.481 e. The van der Waals surface area contributed by atoms with Gasteiger partial charge < -0.3 is 15.3 Å².